The molecule has 1 rings (SSSR count). The minimum Gasteiger partial charge on any atom is -0.400 e. The molecular formula is C11H20N2. The predicted molar refractivity (Wildman–Crippen MR) is 57.0 cm³/mol. The van der Waals surface area contributed by atoms with Crippen molar-refractivity contribution in [3.63, 3.8) is 0 Å². The Morgan fingerprint density at radius 2 is 2.08 bits per heavy atom. The number of hydrogen-bond acceptors (Lipinski definition) is 2. The molecule has 0 bridgehead atoms. The molecule has 0 radical (unpaired) electrons. The summed E-state index contributed by atoms with van der Waals surface area (Å²) in [5.41, 5.74) is 13.9. The van der Waals surface area contributed by atoms with E-state index in [1.54, 1.807) is 0 Å². The summed E-state index contributed by atoms with van der Waals surface area (Å²) in [6.45, 7) is 6.32. The van der Waals surface area contributed by atoms with Crippen LogP contribution in [0.3, 0.4) is 0 Å². The molecule has 0 saturated carbocycles. The maximum atomic E-state index is 6.14. The van der Waals surface area contributed by atoms with Gasteiger partial charge in [-0.15, -0.1) is 0 Å². The summed E-state index contributed by atoms with van der Waals surface area (Å²) in [5.74, 6) is 0.489. The Kier molecular flexibility index (Phi) is 2.81. The zero-order valence-electron chi connectivity index (χ0n) is 8.80. The minimum absolute atomic E-state index is 0.393. The molecule has 74 valence electrons. The van der Waals surface area contributed by atoms with Crippen LogP contribution < -0.4 is 11.5 Å². The second-order valence-corrected chi connectivity index (χ2v) is 3.86. The molecule has 0 spiro atoms. The number of rotatable bonds is 2. The summed E-state index contributed by atoms with van der Waals surface area (Å²) in [6, 6.07) is 0. The van der Waals surface area contributed by atoms with Gasteiger partial charge in [-0.25, -0.2) is 0 Å². The number of nitrogens with two attached hydrogens (primary N) is 2. The molecule has 2 atom stereocenters. The van der Waals surface area contributed by atoms with Gasteiger partial charge >= 0.3 is 0 Å². The molecule has 0 heterocycles. The largest absolute Gasteiger partial charge is 0.400 e. The van der Waals surface area contributed by atoms with E-state index in [1.165, 1.54) is 5.57 Å². The van der Waals surface area contributed by atoms with Crippen LogP contribution in [0.25, 0.3) is 0 Å². The second kappa shape index (κ2) is 3.54. The first-order chi connectivity index (χ1) is 6.05. The van der Waals surface area contributed by atoms with Gasteiger partial charge in [0.25, 0.3) is 0 Å². The van der Waals surface area contributed by atoms with Gasteiger partial charge in [0.15, 0.2) is 0 Å². The van der Waals surface area contributed by atoms with Crippen LogP contribution in [0.4, 0.5) is 0 Å². The van der Waals surface area contributed by atoms with Crippen LogP contribution in [-0.4, -0.2) is 5.54 Å². The Morgan fingerprint density at radius 1 is 1.46 bits per heavy atom. The highest BCUT2D eigenvalue weighted by Crippen LogP contribution is 2.30. The zero-order valence-corrected chi connectivity index (χ0v) is 8.80. The highest BCUT2D eigenvalue weighted by molar-refractivity contribution is 5.36. The third-order valence-corrected chi connectivity index (χ3v) is 3.13. The van der Waals surface area contributed by atoms with Crippen LogP contribution in [0.5, 0.6) is 0 Å². The van der Waals surface area contributed by atoms with Gasteiger partial charge in [-0.05, 0) is 31.3 Å². The Balaban J connectivity index is 3.01. The molecule has 2 unspecified atom stereocenters. The molecule has 2 heteroatoms. The lowest BCUT2D eigenvalue weighted by Gasteiger charge is -2.33. The number of hydrogen-bond donors (Lipinski definition) is 2. The molecule has 1 aliphatic rings. The van der Waals surface area contributed by atoms with E-state index in [0.717, 1.165) is 18.5 Å². The van der Waals surface area contributed by atoms with Crippen molar-refractivity contribution in [3.05, 3.63) is 23.4 Å². The average Bonchev–Trinajstić information content (AvgIpc) is 2.15. The highest BCUT2D eigenvalue weighted by Gasteiger charge is 2.29. The van der Waals surface area contributed by atoms with Gasteiger partial charge in [0.05, 0.1) is 5.54 Å². The Morgan fingerprint density at radius 3 is 2.54 bits per heavy atom. The summed E-state index contributed by atoms with van der Waals surface area (Å²) < 4.78 is 0. The molecule has 2 nitrogen and oxygen atoms in total. The Bertz CT molecular complexity index is 253. The molecule has 0 amide bonds. The van der Waals surface area contributed by atoms with E-state index in [2.05, 4.69) is 32.9 Å². The van der Waals surface area contributed by atoms with Gasteiger partial charge in [-0.3, -0.25) is 0 Å². The lowest BCUT2D eigenvalue weighted by atomic mass is 9.80. The second-order valence-electron chi connectivity index (χ2n) is 3.86. The molecule has 0 aromatic carbocycles. The van der Waals surface area contributed by atoms with Crippen molar-refractivity contribution < 1.29 is 0 Å². The van der Waals surface area contributed by atoms with Crippen molar-refractivity contribution in [2.75, 3.05) is 0 Å². The van der Waals surface area contributed by atoms with Gasteiger partial charge in [-0.1, -0.05) is 26.0 Å². The van der Waals surface area contributed by atoms with Gasteiger partial charge < -0.3 is 11.5 Å². The normalized spacial score (nSPS) is 34.0. The first-order valence-corrected chi connectivity index (χ1v) is 5.00. The predicted octanol–water partition coefficient (Wildman–Crippen LogP) is 1.92. The zero-order chi connectivity index (χ0) is 10.1. The van der Waals surface area contributed by atoms with Crippen LogP contribution in [0, 0.1) is 5.92 Å². The maximum absolute atomic E-state index is 6.14. The summed E-state index contributed by atoms with van der Waals surface area (Å²) in [6.07, 6.45) is 6.21. The first kappa shape index (κ1) is 10.3. The van der Waals surface area contributed by atoms with Gasteiger partial charge in [0.1, 0.15) is 0 Å². The van der Waals surface area contributed by atoms with Gasteiger partial charge in [0.2, 0.25) is 0 Å². The highest BCUT2D eigenvalue weighted by atomic mass is 14.8. The quantitative estimate of drug-likeness (QED) is 0.638. The van der Waals surface area contributed by atoms with Crippen molar-refractivity contribution in [1.29, 1.82) is 0 Å². The fourth-order valence-corrected chi connectivity index (χ4v) is 1.84. The summed E-state index contributed by atoms with van der Waals surface area (Å²) in [5, 5.41) is 0. The summed E-state index contributed by atoms with van der Waals surface area (Å²) >= 11 is 0. The number of allylic oxidation sites excluding steroid dienone is 2. The summed E-state index contributed by atoms with van der Waals surface area (Å²) in [7, 11) is 0. The van der Waals surface area contributed by atoms with Crippen LogP contribution in [0.15, 0.2) is 23.4 Å². The molecule has 4 N–H and O–H groups in total. The molecule has 0 aliphatic heterocycles. The topological polar surface area (TPSA) is 52.0 Å². The van der Waals surface area contributed by atoms with E-state index in [9.17, 15) is 0 Å². The van der Waals surface area contributed by atoms with E-state index in [1.807, 2.05) is 0 Å². The molecular weight excluding hydrogens is 160 g/mol. The van der Waals surface area contributed by atoms with Crippen LogP contribution in [0.2, 0.25) is 0 Å². The fourth-order valence-electron chi connectivity index (χ4n) is 1.84. The van der Waals surface area contributed by atoms with Crippen molar-refractivity contribution in [2.24, 2.45) is 17.4 Å². The van der Waals surface area contributed by atoms with E-state index in [0.29, 0.717) is 5.92 Å². The van der Waals surface area contributed by atoms with Crippen LogP contribution in [-0.2, 0) is 0 Å². The average molecular weight is 180 g/mol. The van der Waals surface area contributed by atoms with Crippen molar-refractivity contribution in [1.82, 2.24) is 0 Å². The van der Waals surface area contributed by atoms with Crippen molar-refractivity contribution >= 4 is 0 Å². The third-order valence-electron chi connectivity index (χ3n) is 3.13. The molecule has 0 fully saturated rings. The third kappa shape index (κ3) is 1.63. The molecule has 1 aliphatic carbocycles. The smallest absolute Gasteiger partial charge is 0.0738 e. The standard InChI is InChI=1S/C11H20N2/c1-4-9-6-7-11(13,5-2)10(12)8(9)3/h6-7,9H,4-5,12-13H2,1-3H3. The fraction of sp³-hybridized carbons (Fsp3) is 0.636. The Hall–Kier alpha value is -0.760. The van der Waals surface area contributed by atoms with E-state index in [4.69, 9.17) is 11.5 Å². The lowest BCUT2D eigenvalue weighted by Crippen LogP contribution is -2.45. The van der Waals surface area contributed by atoms with Crippen LogP contribution >= 0.6 is 0 Å². The Labute approximate surface area is 80.7 Å². The van der Waals surface area contributed by atoms with Crippen LogP contribution in [0.1, 0.15) is 33.6 Å². The maximum Gasteiger partial charge on any atom is 0.0738 e. The van der Waals surface area contributed by atoms with Crippen molar-refractivity contribution in [3.8, 4) is 0 Å². The lowest BCUT2D eigenvalue weighted by molar-refractivity contribution is 0.539. The molecule has 0 aromatic rings. The molecule has 0 aromatic heterocycles. The van der Waals surface area contributed by atoms with Crippen molar-refractivity contribution in [2.45, 2.75) is 39.2 Å². The first-order valence-electron chi connectivity index (χ1n) is 5.00. The van der Waals surface area contributed by atoms with E-state index in [-0.39, 0.29) is 0 Å². The summed E-state index contributed by atoms with van der Waals surface area (Å²) in [4.78, 5) is 0. The minimum atomic E-state index is -0.393. The molecule has 13 heavy (non-hydrogen) atoms. The van der Waals surface area contributed by atoms with E-state index >= 15 is 0 Å². The molecule has 0 saturated heterocycles. The van der Waals surface area contributed by atoms with Gasteiger partial charge in [0, 0.05) is 5.70 Å². The monoisotopic (exact) mass is 180 g/mol. The SMILES string of the molecule is CCC1C=CC(N)(CC)C(N)=C1C. The van der Waals surface area contributed by atoms with E-state index < -0.39 is 5.54 Å². The van der Waals surface area contributed by atoms with Gasteiger partial charge in [-0.2, -0.15) is 0 Å².